The lowest BCUT2D eigenvalue weighted by atomic mass is 10.0. The smallest absolute Gasteiger partial charge is 0.407 e. The minimum absolute atomic E-state index is 0.0477. The molecule has 1 amide bonds. The fraction of sp³-hybridized carbons (Fsp3) is 0.619. The third-order valence-electron chi connectivity index (χ3n) is 4.29. The van der Waals surface area contributed by atoms with E-state index >= 15 is 0 Å². The zero-order valence-electron chi connectivity index (χ0n) is 17.3. The SMILES string of the molecule is CCOC(=O)CC1Cc2cc(OCC(C)NC(=O)OC(C)(C)C)cc(F)c2C1. The molecule has 2 unspecified atom stereocenters. The predicted molar refractivity (Wildman–Crippen MR) is 103 cm³/mol. The Morgan fingerprint density at radius 2 is 2.00 bits per heavy atom. The Balaban J connectivity index is 1.89. The molecule has 0 saturated carbocycles. The summed E-state index contributed by atoms with van der Waals surface area (Å²) in [4.78, 5) is 23.4. The predicted octanol–water partition coefficient (Wildman–Crippen LogP) is 3.79. The molecule has 0 radical (unpaired) electrons. The molecule has 1 aromatic rings. The van der Waals surface area contributed by atoms with Crippen LogP contribution in [-0.2, 0) is 27.1 Å². The first-order valence-corrected chi connectivity index (χ1v) is 9.66. The van der Waals surface area contributed by atoms with Crippen molar-refractivity contribution >= 4 is 12.1 Å². The van der Waals surface area contributed by atoms with Crippen LogP contribution in [0.4, 0.5) is 9.18 Å². The van der Waals surface area contributed by atoms with Crippen molar-refractivity contribution in [3.8, 4) is 5.75 Å². The zero-order valence-corrected chi connectivity index (χ0v) is 17.3. The first-order valence-electron chi connectivity index (χ1n) is 9.66. The molecule has 0 heterocycles. The molecule has 6 nitrogen and oxygen atoms in total. The fourth-order valence-corrected chi connectivity index (χ4v) is 3.20. The number of hydrogen-bond acceptors (Lipinski definition) is 5. The van der Waals surface area contributed by atoms with Gasteiger partial charge in [0, 0.05) is 12.5 Å². The quantitative estimate of drug-likeness (QED) is 0.711. The number of rotatable bonds is 7. The van der Waals surface area contributed by atoms with E-state index in [1.165, 1.54) is 6.07 Å². The standard InChI is InChI=1S/C21H30FNO5/c1-6-26-19(24)9-14-7-15-10-16(11-18(22)17(15)8-14)27-12-13(2)23-20(25)28-21(3,4)5/h10-11,13-14H,6-9,12H2,1-5H3,(H,23,25). The van der Waals surface area contributed by atoms with Gasteiger partial charge in [0.05, 0.1) is 12.6 Å². The van der Waals surface area contributed by atoms with Crippen LogP contribution >= 0.6 is 0 Å². The number of benzene rings is 1. The number of carbonyl (C=O) groups excluding carboxylic acids is 2. The van der Waals surface area contributed by atoms with Crippen LogP contribution in [-0.4, -0.2) is 36.9 Å². The highest BCUT2D eigenvalue weighted by atomic mass is 19.1. The van der Waals surface area contributed by atoms with Gasteiger partial charge in [-0.15, -0.1) is 0 Å². The highest BCUT2D eigenvalue weighted by molar-refractivity contribution is 5.70. The van der Waals surface area contributed by atoms with Crippen LogP contribution in [0.5, 0.6) is 5.75 Å². The fourth-order valence-electron chi connectivity index (χ4n) is 3.20. The van der Waals surface area contributed by atoms with Gasteiger partial charge in [-0.3, -0.25) is 4.79 Å². The van der Waals surface area contributed by atoms with Gasteiger partial charge in [0.25, 0.3) is 0 Å². The van der Waals surface area contributed by atoms with E-state index in [4.69, 9.17) is 14.2 Å². The molecule has 0 bridgehead atoms. The summed E-state index contributed by atoms with van der Waals surface area (Å²) >= 11 is 0. The summed E-state index contributed by atoms with van der Waals surface area (Å²) < 4.78 is 30.3. The van der Waals surface area contributed by atoms with Gasteiger partial charge in [0.2, 0.25) is 0 Å². The van der Waals surface area contributed by atoms with Crippen molar-refractivity contribution in [2.45, 2.75) is 65.5 Å². The monoisotopic (exact) mass is 395 g/mol. The molecular weight excluding hydrogens is 365 g/mol. The summed E-state index contributed by atoms with van der Waals surface area (Å²) in [6.07, 6.45) is 0.908. The largest absolute Gasteiger partial charge is 0.491 e. The highest BCUT2D eigenvalue weighted by Crippen LogP contribution is 2.34. The average molecular weight is 395 g/mol. The third kappa shape index (κ3) is 6.69. The Bertz CT molecular complexity index is 713. The van der Waals surface area contributed by atoms with Gasteiger partial charge in [-0.05, 0) is 70.6 Å². The second kappa shape index (κ2) is 9.26. The molecule has 28 heavy (non-hydrogen) atoms. The molecule has 1 aromatic carbocycles. The molecule has 0 saturated heterocycles. The molecule has 156 valence electrons. The molecule has 7 heteroatoms. The Hall–Kier alpha value is -2.31. The topological polar surface area (TPSA) is 73.9 Å². The molecular formula is C21H30FNO5. The van der Waals surface area contributed by atoms with Crippen molar-refractivity contribution in [3.05, 3.63) is 29.1 Å². The van der Waals surface area contributed by atoms with Gasteiger partial charge < -0.3 is 19.5 Å². The Labute approximate surface area is 165 Å². The summed E-state index contributed by atoms with van der Waals surface area (Å²) in [6.45, 7) is 9.44. The van der Waals surface area contributed by atoms with Crippen molar-refractivity contribution < 1.29 is 28.2 Å². The number of ether oxygens (including phenoxy) is 3. The van der Waals surface area contributed by atoms with E-state index in [0.29, 0.717) is 30.8 Å². The number of nitrogens with one attached hydrogen (secondary N) is 1. The number of alkyl carbamates (subject to hydrolysis) is 1. The van der Waals surface area contributed by atoms with Crippen LogP contribution in [0.3, 0.4) is 0 Å². The second-order valence-electron chi connectivity index (χ2n) is 8.18. The van der Waals surface area contributed by atoms with Crippen molar-refractivity contribution in [1.82, 2.24) is 5.32 Å². The van der Waals surface area contributed by atoms with Crippen molar-refractivity contribution in [1.29, 1.82) is 0 Å². The van der Waals surface area contributed by atoms with Crippen LogP contribution in [0.2, 0.25) is 0 Å². The molecule has 1 N–H and O–H groups in total. The zero-order chi connectivity index (χ0) is 20.9. The van der Waals surface area contributed by atoms with Gasteiger partial charge in [-0.2, -0.15) is 0 Å². The van der Waals surface area contributed by atoms with Gasteiger partial charge >= 0.3 is 12.1 Å². The van der Waals surface area contributed by atoms with Gasteiger partial charge in [-0.25, -0.2) is 9.18 Å². The number of hydrogen-bond donors (Lipinski definition) is 1. The van der Waals surface area contributed by atoms with Crippen LogP contribution in [0.1, 0.15) is 52.2 Å². The van der Waals surface area contributed by atoms with Gasteiger partial charge in [0.15, 0.2) is 0 Å². The highest BCUT2D eigenvalue weighted by Gasteiger charge is 2.27. The lowest BCUT2D eigenvalue weighted by Gasteiger charge is -2.22. The van der Waals surface area contributed by atoms with Crippen LogP contribution < -0.4 is 10.1 Å². The first kappa shape index (κ1) is 22.0. The summed E-state index contributed by atoms with van der Waals surface area (Å²) in [5.74, 6) is -0.122. The molecule has 0 spiro atoms. The normalized spacial score (nSPS) is 16.9. The minimum Gasteiger partial charge on any atom is -0.491 e. The van der Waals surface area contributed by atoms with Crippen LogP contribution in [0, 0.1) is 11.7 Å². The lowest BCUT2D eigenvalue weighted by molar-refractivity contribution is -0.144. The maximum Gasteiger partial charge on any atom is 0.407 e. The van der Waals surface area contributed by atoms with E-state index in [2.05, 4.69) is 5.32 Å². The number of halogens is 1. The Morgan fingerprint density at radius 1 is 1.29 bits per heavy atom. The molecule has 2 atom stereocenters. The number of amides is 1. The van der Waals surface area contributed by atoms with Crippen molar-refractivity contribution in [2.24, 2.45) is 5.92 Å². The molecule has 2 rings (SSSR count). The Kier molecular flexibility index (Phi) is 7.27. The summed E-state index contributed by atoms with van der Waals surface area (Å²) in [5, 5.41) is 2.68. The summed E-state index contributed by atoms with van der Waals surface area (Å²) in [5.41, 5.74) is 0.923. The number of fused-ring (bicyclic) bond motifs is 1. The van der Waals surface area contributed by atoms with Crippen molar-refractivity contribution in [3.63, 3.8) is 0 Å². The van der Waals surface area contributed by atoms with Crippen LogP contribution in [0.15, 0.2) is 12.1 Å². The maximum atomic E-state index is 14.4. The third-order valence-corrected chi connectivity index (χ3v) is 4.29. The number of carbonyl (C=O) groups is 2. The maximum absolute atomic E-state index is 14.4. The van der Waals surface area contributed by atoms with Gasteiger partial charge in [0.1, 0.15) is 23.8 Å². The van der Waals surface area contributed by atoms with Crippen molar-refractivity contribution in [2.75, 3.05) is 13.2 Å². The lowest BCUT2D eigenvalue weighted by Crippen LogP contribution is -2.40. The van der Waals surface area contributed by atoms with E-state index in [1.807, 2.05) is 6.07 Å². The van der Waals surface area contributed by atoms with E-state index in [1.54, 1.807) is 34.6 Å². The minimum atomic E-state index is -0.576. The van der Waals surface area contributed by atoms with E-state index < -0.39 is 11.7 Å². The second-order valence-corrected chi connectivity index (χ2v) is 8.18. The summed E-state index contributed by atoms with van der Waals surface area (Å²) in [7, 11) is 0. The Morgan fingerprint density at radius 3 is 2.64 bits per heavy atom. The molecule has 0 fully saturated rings. The van der Waals surface area contributed by atoms with Gasteiger partial charge in [-0.1, -0.05) is 0 Å². The molecule has 1 aliphatic carbocycles. The molecule has 0 aliphatic heterocycles. The van der Waals surface area contributed by atoms with E-state index in [-0.39, 0.29) is 36.8 Å². The van der Waals surface area contributed by atoms with E-state index in [9.17, 15) is 14.0 Å². The molecule has 1 aliphatic rings. The molecule has 0 aromatic heterocycles. The first-order chi connectivity index (χ1) is 13.1. The average Bonchev–Trinajstić information content (AvgIpc) is 2.94. The van der Waals surface area contributed by atoms with E-state index in [0.717, 1.165) is 5.56 Å². The number of esters is 1. The summed E-state index contributed by atoms with van der Waals surface area (Å²) in [6, 6.07) is 2.86. The van der Waals surface area contributed by atoms with Crippen LogP contribution in [0.25, 0.3) is 0 Å².